The lowest BCUT2D eigenvalue weighted by molar-refractivity contribution is -0.172. The van der Waals surface area contributed by atoms with Crippen LogP contribution in [0.3, 0.4) is 0 Å². The topological polar surface area (TPSA) is 85.3 Å². The number of benzene rings is 1. The Morgan fingerprint density at radius 3 is 2.97 bits per heavy atom. The van der Waals surface area contributed by atoms with E-state index in [0.717, 1.165) is 47.8 Å². The number of likely N-dealkylation sites (tertiary alicyclic amines) is 1. The van der Waals surface area contributed by atoms with E-state index in [0.29, 0.717) is 24.2 Å². The van der Waals surface area contributed by atoms with Gasteiger partial charge in [0, 0.05) is 36.3 Å². The van der Waals surface area contributed by atoms with E-state index < -0.39 is 17.1 Å². The minimum Gasteiger partial charge on any atom is -0.504 e. The summed E-state index contributed by atoms with van der Waals surface area (Å²) in [5.41, 5.74) is 2.85. The first-order valence-electron chi connectivity index (χ1n) is 12.6. The van der Waals surface area contributed by atoms with E-state index in [9.17, 15) is 15.0 Å². The number of carbonyl (C=O) groups is 1. The SMILES string of the molecule is CC1=CC=CN2C3=C(C[C@@]4(O)[C@@H]5Cc6ccc(O)c7c6[C@@]4(CCN5CC4CC4)[C@H]3O7)C(=O)NC12. The highest BCUT2D eigenvalue weighted by molar-refractivity contribution is 5.97. The van der Waals surface area contributed by atoms with Crippen molar-refractivity contribution < 1.29 is 19.7 Å². The highest BCUT2D eigenvalue weighted by Gasteiger charge is 2.74. The van der Waals surface area contributed by atoms with Gasteiger partial charge in [0.15, 0.2) is 17.6 Å². The number of amides is 1. The van der Waals surface area contributed by atoms with Crippen LogP contribution in [-0.2, 0) is 16.6 Å². The summed E-state index contributed by atoms with van der Waals surface area (Å²) in [4.78, 5) is 18.1. The number of hydrogen-bond donors (Lipinski definition) is 3. The van der Waals surface area contributed by atoms with Gasteiger partial charge in [0.2, 0.25) is 0 Å². The molecule has 1 aromatic carbocycles. The van der Waals surface area contributed by atoms with Gasteiger partial charge in [-0.3, -0.25) is 9.69 Å². The summed E-state index contributed by atoms with van der Waals surface area (Å²) in [6.07, 6.45) is 9.54. The Hall–Kier alpha value is -2.77. The van der Waals surface area contributed by atoms with Crippen LogP contribution >= 0.6 is 0 Å². The molecule has 3 aliphatic carbocycles. The van der Waals surface area contributed by atoms with Gasteiger partial charge in [-0.2, -0.15) is 0 Å². The van der Waals surface area contributed by atoms with Crippen molar-refractivity contribution in [1.29, 1.82) is 0 Å². The molecule has 0 radical (unpaired) electrons. The monoisotopic (exact) mass is 459 g/mol. The summed E-state index contributed by atoms with van der Waals surface area (Å²) in [6, 6.07) is 3.67. The summed E-state index contributed by atoms with van der Waals surface area (Å²) in [5.74, 6) is 1.21. The van der Waals surface area contributed by atoms with Crippen molar-refractivity contribution in [2.24, 2.45) is 5.92 Å². The Kier molecular flexibility index (Phi) is 3.49. The Morgan fingerprint density at radius 2 is 2.15 bits per heavy atom. The number of phenols is 1. The summed E-state index contributed by atoms with van der Waals surface area (Å²) in [6.45, 7) is 3.92. The van der Waals surface area contributed by atoms with Crippen molar-refractivity contribution in [3.8, 4) is 11.5 Å². The normalized spacial score (nSPS) is 39.1. The Bertz CT molecular complexity index is 1260. The van der Waals surface area contributed by atoms with Gasteiger partial charge in [-0.05, 0) is 68.3 Å². The summed E-state index contributed by atoms with van der Waals surface area (Å²) in [5, 5.41) is 26.7. The second kappa shape index (κ2) is 6.07. The molecule has 5 atom stereocenters. The summed E-state index contributed by atoms with van der Waals surface area (Å²) >= 11 is 0. The Morgan fingerprint density at radius 1 is 1.29 bits per heavy atom. The molecule has 7 aliphatic rings. The summed E-state index contributed by atoms with van der Waals surface area (Å²) < 4.78 is 6.64. The maximum absolute atomic E-state index is 13.5. The predicted molar refractivity (Wildman–Crippen MR) is 124 cm³/mol. The van der Waals surface area contributed by atoms with E-state index in [1.807, 2.05) is 31.3 Å². The van der Waals surface area contributed by atoms with E-state index in [1.54, 1.807) is 6.07 Å². The predicted octanol–water partition coefficient (Wildman–Crippen LogP) is 2.05. The number of aliphatic hydroxyl groups is 1. The van der Waals surface area contributed by atoms with Crippen LogP contribution < -0.4 is 10.1 Å². The van der Waals surface area contributed by atoms with Crippen LogP contribution in [-0.4, -0.2) is 62.9 Å². The van der Waals surface area contributed by atoms with Gasteiger partial charge in [-0.25, -0.2) is 0 Å². The highest BCUT2D eigenvalue weighted by Crippen LogP contribution is 2.67. The third kappa shape index (κ3) is 2.10. The first kappa shape index (κ1) is 19.5. The number of phenolic OH excluding ortho intramolecular Hbond substituents is 1. The van der Waals surface area contributed by atoms with E-state index in [1.165, 1.54) is 12.8 Å². The Balaban J connectivity index is 1.37. The molecule has 1 unspecified atom stereocenters. The molecule has 7 nitrogen and oxygen atoms in total. The fourth-order valence-electron chi connectivity index (χ4n) is 7.96. The molecular weight excluding hydrogens is 430 g/mol. The van der Waals surface area contributed by atoms with Crippen molar-refractivity contribution in [1.82, 2.24) is 15.1 Å². The van der Waals surface area contributed by atoms with Gasteiger partial charge in [0.05, 0.1) is 16.7 Å². The summed E-state index contributed by atoms with van der Waals surface area (Å²) in [7, 11) is 0. The smallest absolute Gasteiger partial charge is 0.251 e. The average Bonchev–Trinajstić information content (AvgIpc) is 3.55. The minimum absolute atomic E-state index is 0.0750. The van der Waals surface area contributed by atoms with Crippen molar-refractivity contribution in [2.75, 3.05) is 13.1 Å². The van der Waals surface area contributed by atoms with Gasteiger partial charge >= 0.3 is 0 Å². The van der Waals surface area contributed by atoms with E-state index in [4.69, 9.17) is 4.74 Å². The molecule has 4 aliphatic heterocycles. The number of hydrogen-bond acceptors (Lipinski definition) is 6. The molecule has 34 heavy (non-hydrogen) atoms. The van der Waals surface area contributed by atoms with Crippen LogP contribution in [0.1, 0.15) is 43.7 Å². The second-order valence-corrected chi connectivity index (χ2v) is 11.3. The number of ether oxygens (including phenoxy) is 1. The van der Waals surface area contributed by atoms with Gasteiger partial charge < -0.3 is 25.2 Å². The second-order valence-electron chi connectivity index (χ2n) is 11.3. The zero-order chi connectivity index (χ0) is 23.0. The maximum atomic E-state index is 13.5. The molecule has 1 amide bonds. The number of piperidine rings is 1. The first-order chi connectivity index (χ1) is 16.4. The molecular formula is C27H29N3O4. The maximum Gasteiger partial charge on any atom is 0.251 e. The molecule has 2 fully saturated rings. The van der Waals surface area contributed by atoms with Gasteiger partial charge in [0.1, 0.15) is 6.17 Å². The van der Waals surface area contributed by atoms with Crippen LogP contribution in [0, 0.1) is 5.92 Å². The molecule has 176 valence electrons. The number of nitrogens with zero attached hydrogens (tertiary/aromatic N) is 2. The van der Waals surface area contributed by atoms with Crippen LogP contribution in [0.25, 0.3) is 0 Å². The molecule has 3 N–H and O–H groups in total. The molecule has 7 heteroatoms. The van der Waals surface area contributed by atoms with Crippen molar-refractivity contribution in [3.05, 3.63) is 58.5 Å². The van der Waals surface area contributed by atoms with E-state index >= 15 is 0 Å². The van der Waals surface area contributed by atoms with Crippen LogP contribution in [0.5, 0.6) is 11.5 Å². The molecule has 1 aromatic rings. The lowest BCUT2D eigenvalue weighted by atomic mass is 9.48. The number of nitrogens with one attached hydrogen (secondary N) is 1. The first-order valence-corrected chi connectivity index (χ1v) is 12.6. The zero-order valence-electron chi connectivity index (χ0n) is 19.3. The molecule has 2 bridgehead atoms. The standard InChI is InChI=1S/C27H29N3O4/c1-14-3-2-9-30-21-17(25(32)28-24(14)30)12-27(33)19-11-16-6-7-18(31)22-20(16)26(27,23(21)34-22)8-10-29(19)13-15-4-5-15/h2-3,6-7,9,15,19,23-24,31,33H,4-5,8,10-13H2,1H3,(H,28,32)/t19-,23-,24?,26-,27+/m0/s1. The molecule has 1 saturated heterocycles. The quantitative estimate of drug-likeness (QED) is 0.628. The zero-order valence-corrected chi connectivity index (χ0v) is 19.3. The minimum atomic E-state index is -1.13. The van der Waals surface area contributed by atoms with Crippen molar-refractivity contribution in [2.45, 2.75) is 68.4 Å². The number of rotatable bonds is 2. The van der Waals surface area contributed by atoms with E-state index in [2.05, 4.69) is 15.1 Å². The van der Waals surface area contributed by atoms with Gasteiger partial charge in [-0.1, -0.05) is 12.1 Å². The Labute approximate surface area is 198 Å². The molecule has 8 rings (SSSR count). The molecule has 1 saturated carbocycles. The van der Waals surface area contributed by atoms with Gasteiger partial charge in [0.25, 0.3) is 5.91 Å². The third-order valence-corrected chi connectivity index (χ3v) is 9.65. The van der Waals surface area contributed by atoms with Crippen LogP contribution in [0.15, 0.2) is 47.3 Å². The lowest BCUT2D eigenvalue weighted by Crippen LogP contribution is -2.77. The molecule has 0 aromatic heterocycles. The number of aromatic hydroxyl groups is 1. The van der Waals surface area contributed by atoms with E-state index in [-0.39, 0.29) is 23.9 Å². The third-order valence-electron chi connectivity index (χ3n) is 9.65. The fourth-order valence-corrected chi connectivity index (χ4v) is 7.96. The number of fused-ring (bicyclic) bond motifs is 3. The molecule has 4 heterocycles. The average molecular weight is 460 g/mol. The largest absolute Gasteiger partial charge is 0.504 e. The molecule has 1 spiro atoms. The van der Waals surface area contributed by atoms with Crippen LogP contribution in [0.4, 0.5) is 0 Å². The fraction of sp³-hybridized carbons (Fsp3) is 0.519. The lowest BCUT2D eigenvalue weighted by Gasteiger charge is -2.64. The number of carbonyl (C=O) groups excluding carboxylic acids is 1. The van der Waals surface area contributed by atoms with Gasteiger partial charge in [-0.15, -0.1) is 0 Å². The van der Waals surface area contributed by atoms with Crippen molar-refractivity contribution >= 4 is 5.91 Å². The number of allylic oxidation sites excluding steroid dienone is 2. The van der Waals surface area contributed by atoms with Crippen molar-refractivity contribution in [3.63, 3.8) is 0 Å². The highest BCUT2D eigenvalue weighted by atomic mass is 16.5. The van der Waals surface area contributed by atoms with Crippen LogP contribution in [0.2, 0.25) is 0 Å².